The molecule has 110 valence electrons. The molecule has 5 nitrogen and oxygen atoms in total. The lowest BCUT2D eigenvalue weighted by molar-refractivity contribution is -0.137. The van der Waals surface area contributed by atoms with Gasteiger partial charge in [0.1, 0.15) is 5.69 Å². The van der Waals surface area contributed by atoms with E-state index in [4.69, 9.17) is 5.11 Å². The quantitative estimate of drug-likeness (QED) is 0.821. The third-order valence-electron chi connectivity index (χ3n) is 3.15. The first-order valence-corrected chi connectivity index (χ1v) is 6.85. The lowest BCUT2D eigenvalue weighted by Gasteiger charge is -2.22. The van der Waals surface area contributed by atoms with Gasteiger partial charge in [0.2, 0.25) is 0 Å². The number of carbonyl (C=O) groups excluding carboxylic acids is 1. The average molecular weight is 286 g/mol. The van der Waals surface area contributed by atoms with Gasteiger partial charge in [0.05, 0.1) is 0 Å². The molecule has 0 fully saturated rings. The van der Waals surface area contributed by atoms with Gasteiger partial charge in [-0.1, -0.05) is 30.3 Å². The lowest BCUT2D eigenvalue weighted by atomic mass is 10.2. The maximum Gasteiger partial charge on any atom is 0.303 e. The van der Waals surface area contributed by atoms with Crippen LogP contribution in [0.25, 0.3) is 0 Å². The van der Waals surface area contributed by atoms with Crippen LogP contribution in [0.5, 0.6) is 0 Å². The highest BCUT2D eigenvalue weighted by Crippen LogP contribution is 2.10. The molecule has 2 aromatic rings. The second kappa shape index (κ2) is 7.28. The minimum Gasteiger partial charge on any atom is -0.481 e. The largest absolute Gasteiger partial charge is 0.481 e. The fourth-order valence-corrected chi connectivity index (χ4v) is 2.11. The predicted octanol–water partition coefficient (Wildman–Crippen LogP) is 2.52. The molecular weight excluding hydrogens is 268 g/mol. The van der Waals surface area contributed by atoms with E-state index in [-0.39, 0.29) is 12.3 Å². The van der Waals surface area contributed by atoms with Crippen LogP contribution in [0.4, 0.5) is 0 Å². The molecule has 0 aliphatic rings. The molecule has 0 spiro atoms. The Hall–Kier alpha value is -2.56. The van der Waals surface area contributed by atoms with Crippen molar-refractivity contribution in [2.24, 2.45) is 0 Å². The van der Waals surface area contributed by atoms with E-state index in [9.17, 15) is 9.59 Å². The van der Waals surface area contributed by atoms with Gasteiger partial charge in [-0.15, -0.1) is 0 Å². The average Bonchev–Trinajstić information content (AvgIpc) is 3.00. The molecule has 1 amide bonds. The zero-order valence-corrected chi connectivity index (χ0v) is 11.7. The molecule has 0 saturated carbocycles. The number of benzene rings is 1. The summed E-state index contributed by atoms with van der Waals surface area (Å²) in [4.78, 5) is 27.6. The second-order valence-electron chi connectivity index (χ2n) is 4.79. The van der Waals surface area contributed by atoms with Gasteiger partial charge in [-0.25, -0.2) is 0 Å². The maximum atomic E-state index is 12.4. The number of aromatic nitrogens is 1. The van der Waals surface area contributed by atoms with Crippen molar-refractivity contribution >= 4 is 11.9 Å². The molecule has 2 N–H and O–H groups in total. The van der Waals surface area contributed by atoms with Crippen LogP contribution in [-0.2, 0) is 11.3 Å². The molecular formula is C16H18N2O3. The molecule has 5 heteroatoms. The van der Waals surface area contributed by atoms with Crippen molar-refractivity contribution < 1.29 is 14.7 Å². The molecule has 0 radical (unpaired) electrons. The van der Waals surface area contributed by atoms with E-state index in [1.165, 1.54) is 0 Å². The number of nitrogens with zero attached hydrogens (tertiary/aromatic N) is 1. The molecule has 0 bridgehead atoms. The SMILES string of the molecule is O=C(O)CCCN(Cc1ccccc1)C(=O)c1ccc[nH]1. The summed E-state index contributed by atoms with van der Waals surface area (Å²) in [6.07, 6.45) is 2.20. The summed E-state index contributed by atoms with van der Waals surface area (Å²) in [7, 11) is 0. The molecule has 1 aromatic heterocycles. The van der Waals surface area contributed by atoms with Gasteiger partial charge < -0.3 is 15.0 Å². The fraction of sp³-hybridized carbons (Fsp3) is 0.250. The van der Waals surface area contributed by atoms with Gasteiger partial charge in [0, 0.05) is 25.7 Å². The van der Waals surface area contributed by atoms with Crippen LogP contribution in [-0.4, -0.2) is 33.4 Å². The Morgan fingerprint density at radius 3 is 2.48 bits per heavy atom. The Kier molecular flexibility index (Phi) is 5.15. The summed E-state index contributed by atoms with van der Waals surface area (Å²) in [5, 5.41) is 8.73. The minimum absolute atomic E-state index is 0.0588. The highest BCUT2D eigenvalue weighted by Gasteiger charge is 2.17. The number of nitrogens with one attached hydrogen (secondary N) is 1. The number of carbonyl (C=O) groups is 2. The van der Waals surface area contributed by atoms with Crippen LogP contribution in [0.15, 0.2) is 48.7 Å². The van der Waals surface area contributed by atoms with Crippen LogP contribution in [0.1, 0.15) is 28.9 Å². The second-order valence-corrected chi connectivity index (χ2v) is 4.79. The first-order valence-electron chi connectivity index (χ1n) is 6.85. The van der Waals surface area contributed by atoms with E-state index >= 15 is 0 Å². The Balaban J connectivity index is 2.06. The molecule has 0 saturated heterocycles. The molecule has 1 aromatic carbocycles. The first-order chi connectivity index (χ1) is 10.2. The number of H-pyrrole nitrogens is 1. The van der Waals surface area contributed by atoms with Crippen LogP contribution in [0.2, 0.25) is 0 Å². The van der Waals surface area contributed by atoms with E-state index in [2.05, 4.69) is 4.98 Å². The molecule has 1 heterocycles. The van der Waals surface area contributed by atoms with Crippen molar-refractivity contribution in [3.05, 3.63) is 59.9 Å². The van der Waals surface area contributed by atoms with Gasteiger partial charge >= 0.3 is 5.97 Å². The maximum absolute atomic E-state index is 12.4. The summed E-state index contributed by atoms with van der Waals surface area (Å²) in [5.41, 5.74) is 1.54. The lowest BCUT2D eigenvalue weighted by Crippen LogP contribution is -2.32. The number of hydrogen-bond donors (Lipinski definition) is 2. The summed E-state index contributed by atoms with van der Waals surface area (Å²) < 4.78 is 0. The van der Waals surface area contributed by atoms with Gasteiger partial charge in [-0.2, -0.15) is 0 Å². The van der Waals surface area contributed by atoms with E-state index in [0.29, 0.717) is 25.2 Å². The third-order valence-corrected chi connectivity index (χ3v) is 3.15. The highest BCUT2D eigenvalue weighted by atomic mass is 16.4. The zero-order chi connectivity index (χ0) is 15.1. The van der Waals surface area contributed by atoms with E-state index in [0.717, 1.165) is 5.56 Å². The summed E-state index contributed by atoms with van der Waals surface area (Å²) in [6, 6.07) is 13.2. The van der Waals surface area contributed by atoms with Crippen LogP contribution in [0, 0.1) is 0 Å². The van der Waals surface area contributed by atoms with Crippen LogP contribution >= 0.6 is 0 Å². The monoisotopic (exact) mass is 286 g/mol. The van der Waals surface area contributed by atoms with Gasteiger partial charge in [0.15, 0.2) is 0 Å². The Morgan fingerprint density at radius 1 is 1.10 bits per heavy atom. The molecule has 0 unspecified atom stereocenters. The topological polar surface area (TPSA) is 73.4 Å². The highest BCUT2D eigenvalue weighted by molar-refractivity contribution is 5.92. The smallest absolute Gasteiger partial charge is 0.303 e. The third kappa shape index (κ3) is 4.49. The van der Waals surface area contributed by atoms with Crippen LogP contribution < -0.4 is 0 Å². The number of carboxylic acids is 1. The Bertz CT molecular complexity index is 579. The Labute approximate surface area is 123 Å². The molecule has 2 rings (SSSR count). The number of aromatic amines is 1. The fourth-order valence-electron chi connectivity index (χ4n) is 2.11. The zero-order valence-electron chi connectivity index (χ0n) is 11.7. The van der Waals surface area contributed by atoms with Crippen molar-refractivity contribution in [1.82, 2.24) is 9.88 Å². The summed E-state index contributed by atoms with van der Waals surface area (Å²) in [6.45, 7) is 0.886. The van der Waals surface area contributed by atoms with Crippen molar-refractivity contribution in [3.8, 4) is 0 Å². The molecule has 0 atom stereocenters. The summed E-state index contributed by atoms with van der Waals surface area (Å²) in [5.74, 6) is -0.962. The van der Waals surface area contributed by atoms with Gasteiger partial charge in [0.25, 0.3) is 5.91 Å². The van der Waals surface area contributed by atoms with E-state index in [1.54, 1.807) is 23.2 Å². The van der Waals surface area contributed by atoms with Gasteiger partial charge in [-0.05, 0) is 24.1 Å². The van der Waals surface area contributed by atoms with E-state index in [1.807, 2.05) is 30.3 Å². The number of amides is 1. The number of hydrogen-bond acceptors (Lipinski definition) is 2. The Morgan fingerprint density at radius 2 is 1.86 bits per heavy atom. The minimum atomic E-state index is -0.845. The van der Waals surface area contributed by atoms with Crippen molar-refractivity contribution in [2.45, 2.75) is 19.4 Å². The number of aliphatic carboxylic acids is 1. The first kappa shape index (κ1) is 14.8. The van der Waals surface area contributed by atoms with Gasteiger partial charge in [-0.3, -0.25) is 9.59 Å². The standard InChI is InChI=1S/C16H18N2O3/c19-15(20)9-5-11-18(12-13-6-2-1-3-7-13)16(21)14-8-4-10-17-14/h1-4,6-8,10,17H,5,9,11-12H2,(H,19,20). The van der Waals surface area contributed by atoms with Crippen molar-refractivity contribution in [1.29, 1.82) is 0 Å². The normalized spacial score (nSPS) is 10.3. The van der Waals surface area contributed by atoms with Crippen molar-refractivity contribution in [3.63, 3.8) is 0 Å². The predicted molar refractivity (Wildman–Crippen MR) is 78.8 cm³/mol. The number of carboxylic acid groups (broad SMARTS) is 1. The molecule has 0 aliphatic heterocycles. The number of rotatable bonds is 7. The molecule has 21 heavy (non-hydrogen) atoms. The van der Waals surface area contributed by atoms with Crippen molar-refractivity contribution in [2.75, 3.05) is 6.54 Å². The van der Waals surface area contributed by atoms with Crippen LogP contribution in [0.3, 0.4) is 0 Å². The summed E-state index contributed by atoms with van der Waals surface area (Å²) >= 11 is 0. The van der Waals surface area contributed by atoms with E-state index < -0.39 is 5.97 Å². The molecule has 0 aliphatic carbocycles.